The predicted octanol–water partition coefficient (Wildman–Crippen LogP) is 2.48. The molecule has 17 heavy (non-hydrogen) atoms. The quantitative estimate of drug-likeness (QED) is 0.724. The second kappa shape index (κ2) is 4.20. The number of benzene rings is 1. The molecule has 0 aliphatic carbocycles. The van der Waals surface area contributed by atoms with E-state index in [0.717, 1.165) is 5.56 Å². The lowest BCUT2D eigenvalue weighted by Crippen LogP contribution is -2.42. The lowest BCUT2D eigenvalue weighted by atomic mass is 9.96. The van der Waals surface area contributed by atoms with Gasteiger partial charge < -0.3 is 14.2 Å². The molecular formula is C12H13ClO4. The number of carbonyl (C=O) groups is 1. The Morgan fingerprint density at radius 2 is 2.18 bits per heavy atom. The molecule has 0 saturated heterocycles. The summed E-state index contributed by atoms with van der Waals surface area (Å²) in [6.45, 7) is 3.70. The molecule has 1 aliphatic rings. The van der Waals surface area contributed by atoms with Crippen LogP contribution in [0.4, 0.5) is 0 Å². The molecule has 0 radical (unpaired) electrons. The Kier molecular flexibility index (Phi) is 3.02. The van der Waals surface area contributed by atoms with Gasteiger partial charge in [-0.2, -0.15) is 0 Å². The summed E-state index contributed by atoms with van der Waals surface area (Å²) >= 11 is 5.93. The van der Waals surface area contributed by atoms with Crippen LogP contribution in [0.3, 0.4) is 0 Å². The van der Waals surface area contributed by atoms with E-state index in [0.29, 0.717) is 10.8 Å². The minimum Gasteiger partial charge on any atom is -0.464 e. The highest BCUT2D eigenvalue weighted by Crippen LogP contribution is 2.40. The first-order valence-corrected chi connectivity index (χ1v) is 5.54. The van der Waals surface area contributed by atoms with Crippen molar-refractivity contribution in [1.82, 2.24) is 0 Å². The van der Waals surface area contributed by atoms with Gasteiger partial charge in [0.15, 0.2) is 0 Å². The number of hydrogen-bond donors (Lipinski definition) is 0. The van der Waals surface area contributed by atoms with Gasteiger partial charge in [0.25, 0.3) is 6.29 Å². The van der Waals surface area contributed by atoms with Gasteiger partial charge >= 0.3 is 5.97 Å². The molecule has 1 aromatic rings. The fourth-order valence-electron chi connectivity index (χ4n) is 1.74. The van der Waals surface area contributed by atoms with Crippen molar-refractivity contribution in [2.24, 2.45) is 0 Å². The maximum Gasteiger partial charge on any atom is 0.376 e. The lowest BCUT2D eigenvalue weighted by Gasteiger charge is -2.36. The molecule has 92 valence electrons. The van der Waals surface area contributed by atoms with Crippen LogP contribution in [0, 0.1) is 0 Å². The van der Waals surface area contributed by atoms with Gasteiger partial charge in [-0.3, -0.25) is 0 Å². The molecule has 0 spiro atoms. The molecule has 2 rings (SSSR count). The van der Waals surface area contributed by atoms with Crippen LogP contribution in [0.15, 0.2) is 18.2 Å². The molecule has 1 aliphatic heterocycles. The summed E-state index contributed by atoms with van der Waals surface area (Å²) in [5.41, 5.74) is 0.155. The van der Waals surface area contributed by atoms with E-state index in [1.807, 2.05) is 13.8 Å². The first-order valence-electron chi connectivity index (χ1n) is 5.16. The summed E-state index contributed by atoms with van der Waals surface area (Å²) in [7, 11) is 1.29. The molecule has 0 saturated carbocycles. The number of rotatable bonds is 1. The Hall–Kier alpha value is -1.26. The van der Waals surface area contributed by atoms with E-state index in [4.69, 9.17) is 21.1 Å². The minimum absolute atomic E-state index is 0.557. The van der Waals surface area contributed by atoms with Crippen molar-refractivity contribution in [3.63, 3.8) is 0 Å². The van der Waals surface area contributed by atoms with Gasteiger partial charge in [-0.15, -0.1) is 0 Å². The van der Waals surface area contributed by atoms with Gasteiger partial charge in [-0.25, -0.2) is 4.79 Å². The first-order chi connectivity index (χ1) is 7.94. The van der Waals surface area contributed by atoms with Gasteiger partial charge in [0, 0.05) is 10.6 Å². The molecule has 1 aromatic carbocycles. The Morgan fingerprint density at radius 1 is 1.47 bits per heavy atom. The molecule has 1 heterocycles. The number of fused-ring (bicyclic) bond motifs is 1. The third-order valence-electron chi connectivity index (χ3n) is 2.62. The highest BCUT2D eigenvalue weighted by Gasteiger charge is 2.39. The number of methoxy groups -OCH3 is 1. The average Bonchev–Trinajstić information content (AvgIpc) is 2.28. The molecule has 0 amide bonds. The summed E-state index contributed by atoms with van der Waals surface area (Å²) in [4.78, 5) is 11.4. The van der Waals surface area contributed by atoms with Crippen LogP contribution in [-0.4, -0.2) is 19.4 Å². The van der Waals surface area contributed by atoms with Crippen LogP contribution in [0.25, 0.3) is 0 Å². The Morgan fingerprint density at radius 3 is 2.82 bits per heavy atom. The van der Waals surface area contributed by atoms with E-state index in [1.165, 1.54) is 7.11 Å². The van der Waals surface area contributed by atoms with Gasteiger partial charge in [-0.1, -0.05) is 11.6 Å². The van der Waals surface area contributed by atoms with Gasteiger partial charge in [0.2, 0.25) is 0 Å². The fraction of sp³-hybridized carbons (Fsp3) is 0.417. The summed E-state index contributed by atoms with van der Waals surface area (Å²) in [6, 6.07) is 5.19. The largest absolute Gasteiger partial charge is 0.464 e. The van der Waals surface area contributed by atoms with Crippen LogP contribution >= 0.6 is 11.6 Å². The van der Waals surface area contributed by atoms with Crippen molar-refractivity contribution in [3.8, 4) is 5.75 Å². The molecule has 0 N–H and O–H groups in total. The van der Waals surface area contributed by atoms with Crippen molar-refractivity contribution in [2.45, 2.75) is 25.7 Å². The summed E-state index contributed by atoms with van der Waals surface area (Å²) in [5, 5.41) is 0.598. The molecule has 1 unspecified atom stereocenters. The Balaban J connectivity index is 2.40. The van der Waals surface area contributed by atoms with E-state index in [9.17, 15) is 4.79 Å². The maximum absolute atomic E-state index is 11.4. The number of hydrogen-bond acceptors (Lipinski definition) is 4. The van der Waals surface area contributed by atoms with E-state index in [1.54, 1.807) is 18.2 Å². The smallest absolute Gasteiger partial charge is 0.376 e. The topological polar surface area (TPSA) is 44.8 Å². The molecule has 0 bridgehead atoms. The van der Waals surface area contributed by atoms with Gasteiger partial charge in [0.1, 0.15) is 5.75 Å². The number of halogens is 1. The molecule has 1 atom stereocenters. The lowest BCUT2D eigenvalue weighted by molar-refractivity contribution is -0.208. The monoisotopic (exact) mass is 256 g/mol. The van der Waals surface area contributed by atoms with E-state index >= 15 is 0 Å². The number of ether oxygens (including phenoxy) is 3. The number of esters is 1. The van der Waals surface area contributed by atoms with Crippen molar-refractivity contribution in [3.05, 3.63) is 28.8 Å². The maximum atomic E-state index is 11.4. The van der Waals surface area contributed by atoms with Crippen molar-refractivity contribution in [2.75, 3.05) is 7.11 Å². The third-order valence-corrected chi connectivity index (χ3v) is 2.85. The zero-order chi connectivity index (χ0) is 12.6. The van der Waals surface area contributed by atoms with Crippen LogP contribution in [0.2, 0.25) is 5.02 Å². The van der Waals surface area contributed by atoms with Crippen molar-refractivity contribution in [1.29, 1.82) is 0 Å². The highest BCUT2D eigenvalue weighted by molar-refractivity contribution is 6.30. The highest BCUT2D eigenvalue weighted by atomic mass is 35.5. The van der Waals surface area contributed by atoms with Crippen LogP contribution < -0.4 is 4.74 Å². The Labute approximate surface area is 104 Å². The second-order valence-corrected chi connectivity index (χ2v) is 4.68. The van der Waals surface area contributed by atoms with Crippen LogP contribution in [-0.2, 0) is 19.9 Å². The zero-order valence-electron chi connectivity index (χ0n) is 9.82. The molecule has 0 aromatic heterocycles. The minimum atomic E-state index is -1.04. The standard InChI is InChI=1S/C12H13ClO4/c1-12(2)8-6-7(13)4-5-9(8)16-11(17-12)10(14)15-3/h4-6,11H,1-3H3. The summed E-state index contributed by atoms with van der Waals surface area (Å²) < 4.78 is 15.6. The van der Waals surface area contributed by atoms with Crippen LogP contribution in [0.5, 0.6) is 5.75 Å². The second-order valence-electron chi connectivity index (χ2n) is 4.24. The average molecular weight is 257 g/mol. The molecule has 5 heteroatoms. The third kappa shape index (κ3) is 2.23. The molecule has 4 nitrogen and oxygen atoms in total. The first kappa shape index (κ1) is 12.2. The molecule has 0 fully saturated rings. The molecular weight excluding hydrogens is 244 g/mol. The normalized spacial score (nSPS) is 21.3. The van der Waals surface area contributed by atoms with E-state index in [2.05, 4.69) is 4.74 Å². The fourth-order valence-corrected chi connectivity index (χ4v) is 1.91. The van der Waals surface area contributed by atoms with E-state index < -0.39 is 17.9 Å². The Bertz CT molecular complexity index is 456. The SMILES string of the molecule is COC(=O)C1Oc2ccc(Cl)cc2C(C)(C)O1. The van der Waals surface area contributed by atoms with Crippen LogP contribution in [0.1, 0.15) is 19.4 Å². The van der Waals surface area contributed by atoms with E-state index in [-0.39, 0.29) is 0 Å². The predicted molar refractivity (Wildman–Crippen MR) is 62.0 cm³/mol. The van der Waals surface area contributed by atoms with Gasteiger partial charge in [-0.05, 0) is 32.0 Å². The van der Waals surface area contributed by atoms with Crippen molar-refractivity contribution < 1.29 is 19.0 Å². The van der Waals surface area contributed by atoms with Crippen molar-refractivity contribution >= 4 is 17.6 Å². The number of carbonyl (C=O) groups excluding carboxylic acids is 1. The zero-order valence-corrected chi connectivity index (χ0v) is 10.6. The summed E-state index contributed by atoms with van der Waals surface area (Å²) in [5.74, 6) is 0.0275. The summed E-state index contributed by atoms with van der Waals surface area (Å²) in [6.07, 6.45) is -1.04. The van der Waals surface area contributed by atoms with Gasteiger partial charge in [0.05, 0.1) is 12.7 Å².